The van der Waals surface area contributed by atoms with Gasteiger partial charge in [0.25, 0.3) is 0 Å². The first kappa shape index (κ1) is 12.6. The van der Waals surface area contributed by atoms with Gasteiger partial charge in [-0.25, -0.2) is 0 Å². The zero-order valence-corrected chi connectivity index (χ0v) is 11.5. The first-order chi connectivity index (χ1) is 8.66. The van der Waals surface area contributed by atoms with Gasteiger partial charge in [-0.1, -0.05) is 36.1 Å². The van der Waals surface area contributed by atoms with Crippen molar-refractivity contribution in [2.24, 2.45) is 0 Å². The summed E-state index contributed by atoms with van der Waals surface area (Å²) >= 11 is 3.45. The third kappa shape index (κ3) is 3.09. The van der Waals surface area contributed by atoms with Gasteiger partial charge in [0.15, 0.2) is 5.78 Å². The molecule has 0 N–H and O–H groups in total. The van der Waals surface area contributed by atoms with Crippen LogP contribution in [-0.4, -0.2) is 5.78 Å². The maximum atomic E-state index is 11.1. The molecule has 0 radical (unpaired) electrons. The fourth-order valence-corrected chi connectivity index (χ4v) is 1.87. The number of rotatable bonds is 1. The molecule has 0 amide bonds. The van der Waals surface area contributed by atoms with E-state index in [1.54, 1.807) is 19.1 Å². The van der Waals surface area contributed by atoms with Crippen LogP contribution < -0.4 is 0 Å². The van der Waals surface area contributed by atoms with E-state index in [9.17, 15) is 4.79 Å². The van der Waals surface area contributed by atoms with Crippen LogP contribution in [0.4, 0.5) is 0 Å². The Morgan fingerprint density at radius 3 is 2.28 bits per heavy atom. The smallest absolute Gasteiger partial charge is 0.159 e. The van der Waals surface area contributed by atoms with Crippen molar-refractivity contribution in [2.45, 2.75) is 6.92 Å². The first-order valence-electron chi connectivity index (χ1n) is 5.54. The van der Waals surface area contributed by atoms with Gasteiger partial charge in [0, 0.05) is 21.2 Å². The second-order valence-corrected chi connectivity index (χ2v) is 4.72. The number of hydrogen-bond donors (Lipinski definition) is 0. The van der Waals surface area contributed by atoms with Crippen molar-refractivity contribution >= 4 is 21.7 Å². The lowest BCUT2D eigenvalue weighted by atomic mass is 10.1. The van der Waals surface area contributed by atoms with E-state index in [-0.39, 0.29) is 5.78 Å². The van der Waals surface area contributed by atoms with Crippen molar-refractivity contribution in [3.63, 3.8) is 0 Å². The first-order valence-corrected chi connectivity index (χ1v) is 6.33. The van der Waals surface area contributed by atoms with E-state index in [2.05, 4.69) is 27.8 Å². The summed E-state index contributed by atoms with van der Waals surface area (Å²) in [4.78, 5) is 11.1. The van der Waals surface area contributed by atoms with Crippen LogP contribution >= 0.6 is 15.9 Å². The summed E-state index contributed by atoms with van der Waals surface area (Å²) in [5, 5.41) is 0. The van der Waals surface area contributed by atoms with Gasteiger partial charge in [0.1, 0.15) is 0 Å². The van der Waals surface area contributed by atoms with Crippen LogP contribution in [0.5, 0.6) is 0 Å². The molecule has 0 heterocycles. The summed E-state index contributed by atoms with van der Waals surface area (Å²) < 4.78 is 0.984. The molecule has 88 valence electrons. The number of hydrogen-bond acceptors (Lipinski definition) is 1. The minimum absolute atomic E-state index is 0.0697. The number of carbonyl (C=O) groups is 1. The Hall–Kier alpha value is -1.85. The van der Waals surface area contributed by atoms with Crippen LogP contribution in [0.1, 0.15) is 28.4 Å². The molecule has 18 heavy (non-hydrogen) atoms. The van der Waals surface area contributed by atoms with Crippen molar-refractivity contribution in [1.29, 1.82) is 0 Å². The van der Waals surface area contributed by atoms with Crippen molar-refractivity contribution < 1.29 is 4.79 Å². The van der Waals surface area contributed by atoms with Crippen LogP contribution in [0.15, 0.2) is 53.0 Å². The third-order valence-corrected chi connectivity index (χ3v) is 3.20. The molecule has 2 rings (SSSR count). The molecule has 0 atom stereocenters. The summed E-state index contributed by atoms with van der Waals surface area (Å²) in [5.41, 5.74) is 2.56. The molecule has 0 aromatic heterocycles. The van der Waals surface area contributed by atoms with Gasteiger partial charge in [-0.05, 0) is 47.1 Å². The molecule has 0 spiro atoms. The average molecular weight is 299 g/mol. The van der Waals surface area contributed by atoms with Crippen molar-refractivity contribution in [3.05, 3.63) is 69.7 Å². The molecule has 0 aliphatic heterocycles. The Morgan fingerprint density at radius 2 is 1.67 bits per heavy atom. The zero-order valence-electron chi connectivity index (χ0n) is 9.91. The predicted octanol–water partition coefficient (Wildman–Crippen LogP) is 4.05. The van der Waals surface area contributed by atoms with Crippen LogP contribution in [0.2, 0.25) is 0 Å². The number of halogens is 1. The molecule has 2 aromatic rings. The highest BCUT2D eigenvalue weighted by Gasteiger charge is 1.97. The topological polar surface area (TPSA) is 17.1 Å². The molecule has 0 unspecified atom stereocenters. The highest BCUT2D eigenvalue weighted by atomic mass is 79.9. The van der Waals surface area contributed by atoms with E-state index in [4.69, 9.17) is 0 Å². The van der Waals surface area contributed by atoms with E-state index >= 15 is 0 Å². The summed E-state index contributed by atoms with van der Waals surface area (Å²) in [5.74, 6) is 6.24. The Balaban J connectivity index is 2.25. The van der Waals surface area contributed by atoms with Crippen molar-refractivity contribution in [1.82, 2.24) is 0 Å². The minimum atomic E-state index is 0.0697. The van der Waals surface area contributed by atoms with Crippen LogP contribution in [0.3, 0.4) is 0 Å². The Bertz CT molecular complexity index is 630. The van der Waals surface area contributed by atoms with Gasteiger partial charge in [-0.2, -0.15) is 0 Å². The maximum absolute atomic E-state index is 11.1. The molecule has 0 saturated carbocycles. The van der Waals surface area contributed by atoms with Crippen LogP contribution in [0, 0.1) is 11.8 Å². The molecule has 0 aliphatic rings. The third-order valence-electron chi connectivity index (χ3n) is 2.51. The SMILES string of the molecule is CC(=O)c1ccc(C#Cc2ccccc2Br)cc1. The summed E-state index contributed by atoms with van der Waals surface area (Å²) in [6.45, 7) is 1.56. The van der Waals surface area contributed by atoms with Gasteiger partial charge >= 0.3 is 0 Å². The molecule has 1 nitrogen and oxygen atoms in total. The molecule has 0 bridgehead atoms. The molecule has 2 aromatic carbocycles. The van der Waals surface area contributed by atoms with Gasteiger partial charge in [-0.3, -0.25) is 4.79 Å². The summed E-state index contributed by atoms with van der Waals surface area (Å²) in [6.07, 6.45) is 0. The lowest BCUT2D eigenvalue weighted by molar-refractivity contribution is 0.101. The maximum Gasteiger partial charge on any atom is 0.159 e. The van der Waals surface area contributed by atoms with Crippen LogP contribution in [-0.2, 0) is 0 Å². The molecular weight excluding hydrogens is 288 g/mol. The largest absolute Gasteiger partial charge is 0.295 e. The molecule has 0 aliphatic carbocycles. The Kier molecular flexibility index (Phi) is 3.96. The average Bonchev–Trinajstić information content (AvgIpc) is 2.38. The van der Waals surface area contributed by atoms with Crippen LogP contribution in [0.25, 0.3) is 0 Å². The normalized spacial score (nSPS) is 9.44. The van der Waals surface area contributed by atoms with Gasteiger partial charge in [0.2, 0.25) is 0 Å². The van der Waals surface area contributed by atoms with Crippen molar-refractivity contribution in [2.75, 3.05) is 0 Å². The molecular formula is C16H11BrO. The number of benzene rings is 2. The molecule has 0 saturated heterocycles. The fraction of sp³-hybridized carbons (Fsp3) is 0.0625. The fourth-order valence-electron chi connectivity index (χ4n) is 1.49. The highest BCUT2D eigenvalue weighted by Crippen LogP contribution is 2.14. The lowest BCUT2D eigenvalue weighted by Crippen LogP contribution is -1.90. The van der Waals surface area contributed by atoms with Gasteiger partial charge in [0.05, 0.1) is 0 Å². The van der Waals surface area contributed by atoms with E-state index < -0.39 is 0 Å². The Morgan fingerprint density at radius 1 is 1.00 bits per heavy atom. The molecule has 2 heteroatoms. The van der Waals surface area contributed by atoms with E-state index in [1.165, 1.54) is 0 Å². The number of ketones is 1. The van der Waals surface area contributed by atoms with E-state index in [0.717, 1.165) is 15.6 Å². The quantitative estimate of drug-likeness (QED) is 0.573. The zero-order chi connectivity index (χ0) is 13.0. The Labute approximate surface area is 115 Å². The second kappa shape index (κ2) is 5.66. The minimum Gasteiger partial charge on any atom is -0.295 e. The van der Waals surface area contributed by atoms with Gasteiger partial charge in [-0.15, -0.1) is 0 Å². The van der Waals surface area contributed by atoms with Gasteiger partial charge < -0.3 is 0 Å². The highest BCUT2D eigenvalue weighted by molar-refractivity contribution is 9.10. The number of carbonyl (C=O) groups excluding carboxylic acids is 1. The monoisotopic (exact) mass is 298 g/mol. The molecule has 0 fully saturated rings. The van der Waals surface area contributed by atoms with Crippen molar-refractivity contribution in [3.8, 4) is 11.8 Å². The number of Topliss-reactive ketones (excluding diaryl/α,β-unsaturated/α-hetero) is 1. The van der Waals surface area contributed by atoms with E-state index in [1.807, 2.05) is 36.4 Å². The summed E-state index contributed by atoms with van der Waals surface area (Å²) in [6, 6.07) is 15.1. The summed E-state index contributed by atoms with van der Waals surface area (Å²) in [7, 11) is 0. The van der Waals surface area contributed by atoms with E-state index in [0.29, 0.717) is 5.56 Å². The predicted molar refractivity (Wildman–Crippen MR) is 76.6 cm³/mol. The second-order valence-electron chi connectivity index (χ2n) is 3.86. The standard InChI is InChI=1S/C16H11BrO/c1-12(18)14-9-6-13(7-10-14)8-11-15-4-2-3-5-16(15)17/h2-7,9-10H,1H3. The lowest BCUT2D eigenvalue weighted by Gasteiger charge is -1.95.